The van der Waals surface area contributed by atoms with E-state index < -0.39 is 6.10 Å². The highest BCUT2D eigenvalue weighted by atomic mass is 16.6. The zero-order valence-electron chi connectivity index (χ0n) is 7.93. The number of nitrogens with two attached hydrogens (primary N) is 1. The Bertz CT molecular complexity index is 262. The monoisotopic (exact) mass is 197 g/mol. The molecule has 2 rings (SSSR count). The third-order valence-electron chi connectivity index (χ3n) is 2.47. The van der Waals surface area contributed by atoms with Gasteiger partial charge in [-0.3, -0.25) is 0 Å². The third-order valence-corrected chi connectivity index (χ3v) is 2.47. The summed E-state index contributed by atoms with van der Waals surface area (Å²) >= 11 is 0. The summed E-state index contributed by atoms with van der Waals surface area (Å²) in [6, 6.07) is 0. The summed E-state index contributed by atoms with van der Waals surface area (Å²) in [5.74, 6) is 0. The van der Waals surface area contributed by atoms with Crippen LogP contribution in [-0.2, 0) is 9.47 Å². The lowest BCUT2D eigenvalue weighted by atomic mass is 9.98. The van der Waals surface area contributed by atoms with Crippen LogP contribution in [0.1, 0.15) is 0 Å². The molecule has 0 radical (unpaired) electrons. The molecule has 0 bridgehead atoms. The van der Waals surface area contributed by atoms with E-state index in [0.717, 1.165) is 5.57 Å². The Morgan fingerprint density at radius 2 is 2.14 bits per heavy atom. The van der Waals surface area contributed by atoms with Gasteiger partial charge in [-0.2, -0.15) is 0 Å². The molecule has 2 aliphatic rings. The Hall–Kier alpha value is -0.680. The molecular formula is C10H15NO3. The maximum atomic E-state index is 9.53. The van der Waals surface area contributed by atoms with Crippen molar-refractivity contribution < 1.29 is 14.6 Å². The molecule has 1 aliphatic carbocycles. The van der Waals surface area contributed by atoms with Crippen molar-refractivity contribution in [2.75, 3.05) is 19.8 Å². The van der Waals surface area contributed by atoms with Crippen molar-refractivity contribution in [3.63, 3.8) is 0 Å². The predicted molar refractivity (Wildman–Crippen MR) is 51.8 cm³/mol. The van der Waals surface area contributed by atoms with E-state index in [1.54, 1.807) is 0 Å². The number of hydrogen-bond acceptors (Lipinski definition) is 4. The van der Waals surface area contributed by atoms with Crippen LogP contribution < -0.4 is 5.73 Å². The van der Waals surface area contributed by atoms with Crippen molar-refractivity contribution in [1.29, 1.82) is 0 Å². The zero-order chi connectivity index (χ0) is 9.97. The van der Waals surface area contributed by atoms with Crippen molar-refractivity contribution in [2.45, 2.75) is 18.3 Å². The van der Waals surface area contributed by atoms with Crippen LogP contribution in [0.3, 0.4) is 0 Å². The fraction of sp³-hybridized carbons (Fsp3) is 0.600. The Labute approximate surface area is 83.0 Å². The van der Waals surface area contributed by atoms with Crippen LogP contribution in [-0.4, -0.2) is 43.2 Å². The summed E-state index contributed by atoms with van der Waals surface area (Å²) in [7, 11) is 0. The quantitative estimate of drug-likeness (QED) is 0.631. The SMILES string of the molecule is NC[C@@H](O)C1=C[C@@H]2OCCO[C@H]2C=C1. The van der Waals surface area contributed by atoms with Gasteiger partial charge in [0.15, 0.2) is 0 Å². The molecule has 0 amide bonds. The van der Waals surface area contributed by atoms with Crippen molar-refractivity contribution >= 4 is 0 Å². The Morgan fingerprint density at radius 1 is 1.43 bits per heavy atom. The molecule has 4 nitrogen and oxygen atoms in total. The summed E-state index contributed by atoms with van der Waals surface area (Å²) in [5, 5.41) is 9.53. The molecule has 0 unspecified atom stereocenters. The fourth-order valence-corrected chi connectivity index (χ4v) is 1.68. The van der Waals surface area contributed by atoms with E-state index in [4.69, 9.17) is 15.2 Å². The average molecular weight is 197 g/mol. The van der Waals surface area contributed by atoms with Crippen LogP contribution >= 0.6 is 0 Å². The number of ether oxygens (including phenoxy) is 2. The van der Waals surface area contributed by atoms with Gasteiger partial charge in [-0.1, -0.05) is 12.2 Å². The largest absolute Gasteiger partial charge is 0.387 e. The Balaban J connectivity index is 2.08. The minimum absolute atomic E-state index is 0.00234. The molecule has 0 aromatic rings. The summed E-state index contributed by atoms with van der Waals surface area (Å²) in [5.41, 5.74) is 6.19. The van der Waals surface area contributed by atoms with Crippen molar-refractivity contribution in [3.8, 4) is 0 Å². The van der Waals surface area contributed by atoms with Crippen LogP contribution in [0.2, 0.25) is 0 Å². The van der Waals surface area contributed by atoms with Crippen LogP contribution in [0, 0.1) is 0 Å². The smallest absolute Gasteiger partial charge is 0.106 e. The molecule has 0 aromatic carbocycles. The number of rotatable bonds is 2. The second-order valence-electron chi connectivity index (χ2n) is 3.45. The van der Waals surface area contributed by atoms with E-state index in [1.807, 2.05) is 18.2 Å². The predicted octanol–water partition coefficient (Wildman–Crippen LogP) is -0.414. The Morgan fingerprint density at radius 3 is 2.86 bits per heavy atom. The first-order chi connectivity index (χ1) is 6.81. The first kappa shape index (κ1) is 9.86. The van der Waals surface area contributed by atoms with Gasteiger partial charge in [0.25, 0.3) is 0 Å². The third kappa shape index (κ3) is 1.88. The van der Waals surface area contributed by atoms with Gasteiger partial charge in [0, 0.05) is 6.54 Å². The van der Waals surface area contributed by atoms with Gasteiger partial charge in [-0.05, 0) is 11.6 Å². The first-order valence-electron chi connectivity index (χ1n) is 4.82. The normalized spacial score (nSPS) is 33.4. The van der Waals surface area contributed by atoms with Gasteiger partial charge in [0.2, 0.25) is 0 Å². The zero-order valence-corrected chi connectivity index (χ0v) is 7.93. The topological polar surface area (TPSA) is 64.7 Å². The van der Waals surface area contributed by atoms with Crippen LogP contribution in [0.15, 0.2) is 23.8 Å². The summed E-state index contributed by atoms with van der Waals surface area (Å²) in [6.45, 7) is 1.47. The second kappa shape index (κ2) is 4.23. The first-order valence-corrected chi connectivity index (χ1v) is 4.82. The summed E-state index contributed by atoms with van der Waals surface area (Å²) in [6.07, 6.45) is 4.99. The molecule has 4 heteroatoms. The molecule has 1 fully saturated rings. The fourth-order valence-electron chi connectivity index (χ4n) is 1.68. The molecule has 0 spiro atoms. The van der Waals surface area contributed by atoms with Gasteiger partial charge in [-0.15, -0.1) is 0 Å². The average Bonchev–Trinajstić information content (AvgIpc) is 2.27. The molecule has 1 heterocycles. The molecular weight excluding hydrogens is 182 g/mol. The molecule has 3 N–H and O–H groups in total. The van der Waals surface area contributed by atoms with E-state index in [-0.39, 0.29) is 18.8 Å². The lowest BCUT2D eigenvalue weighted by Crippen LogP contribution is -2.38. The molecule has 3 atom stereocenters. The van der Waals surface area contributed by atoms with Crippen LogP contribution in [0.5, 0.6) is 0 Å². The van der Waals surface area contributed by atoms with Gasteiger partial charge >= 0.3 is 0 Å². The highest BCUT2D eigenvalue weighted by molar-refractivity contribution is 5.31. The lowest BCUT2D eigenvalue weighted by molar-refractivity contribution is -0.102. The molecule has 0 aromatic heterocycles. The van der Waals surface area contributed by atoms with Gasteiger partial charge in [-0.25, -0.2) is 0 Å². The number of fused-ring (bicyclic) bond motifs is 1. The van der Waals surface area contributed by atoms with E-state index in [1.165, 1.54) is 0 Å². The minimum Gasteiger partial charge on any atom is -0.387 e. The maximum absolute atomic E-state index is 9.53. The summed E-state index contributed by atoms with van der Waals surface area (Å²) < 4.78 is 11.0. The van der Waals surface area contributed by atoms with E-state index in [2.05, 4.69) is 0 Å². The number of aliphatic hydroxyl groups is 1. The summed E-state index contributed by atoms with van der Waals surface area (Å²) in [4.78, 5) is 0. The molecule has 14 heavy (non-hydrogen) atoms. The van der Waals surface area contributed by atoms with Gasteiger partial charge in [0.05, 0.1) is 19.3 Å². The van der Waals surface area contributed by atoms with Crippen molar-refractivity contribution in [3.05, 3.63) is 23.8 Å². The lowest BCUT2D eigenvalue weighted by Gasteiger charge is -2.31. The highest BCUT2D eigenvalue weighted by Gasteiger charge is 2.26. The van der Waals surface area contributed by atoms with Crippen LogP contribution in [0.25, 0.3) is 0 Å². The van der Waals surface area contributed by atoms with Gasteiger partial charge < -0.3 is 20.3 Å². The molecule has 1 saturated heterocycles. The highest BCUT2D eigenvalue weighted by Crippen LogP contribution is 2.21. The second-order valence-corrected chi connectivity index (χ2v) is 3.45. The van der Waals surface area contributed by atoms with E-state index >= 15 is 0 Å². The molecule has 78 valence electrons. The standard InChI is InChI=1S/C10H15NO3/c11-6-8(12)7-1-2-9-10(5-7)14-4-3-13-9/h1-2,5,8-10,12H,3-4,6,11H2/t8-,9+,10+/m1/s1. The molecule has 1 aliphatic heterocycles. The Kier molecular flexibility index (Phi) is 2.98. The molecule has 0 saturated carbocycles. The van der Waals surface area contributed by atoms with Crippen molar-refractivity contribution in [2.24, 2.45) is 5.73 Å². The van der Waals surface area contributed by atoms with E-state index in [0.29, 0.717) is 13.2 Å². The number of hydrogen-bond donors (Lipinski definition) is 2. The van der Waals surface area contributed by atoms with E-state index in [9.17, 15) is 5.11 Å². The van der Waals surface area contributed by atoms with Crippen LogP contribution in [0.4, 0.5) is 0 Å². The maximum Gasteiger partial charge on any atom is 0.106 e. The van der Waals surface area contributed by atoms with Gasteiger partial charge in [0.1, 0.15) is 12.2 Å². The van der Waals surface area contributed by atoms with Crippen molar-refractivity contribution in [1.82, 2.24) is 0 Å². The number of aliphatic hydroxyl groups excluding tert-OH is 1. The minimum atomic E-state index is -0.599.